The summed E-state index contributed by atoms with van der Waals surface area (Å²) in [6.45, 7) is 0. The highest BCUT2D eigenvalue weighted by molar-refractivity contribution is 6.26. The molecule has 62 heavy (non-hydrogen) atoms. The van der Waals surface area contributed by atoms with E-state index in [-0.39, 0.29) is 11.4 Å². The normalized spacial score (nSPS) is 11.8. The predicted molar refractivity (Wildman–Crippen MR) is 247 cm³/mol. The van der Waals surface area contributed by atoms with E-state index in [9.17, 15) is 10.5 Å². The average Bonchev–Trinajstić information content (AvgIpc) is 4.08. The van der Waals surface area contributed by atoms with Crippen LogP contribution in [0.3, 0.4) is 0 Å². The van der Waals surface area contributed by atoms with E-state index in [1.807, 2.05) is 53.1 Å². The van der Waals surface area contributed by atoms with Crippen LogP contribution in [0.25, 0.3) is 116 Å². The fourth-order valence-electron chi connectivity index (χ4n) is 9.80. The highest BCUT2D eigenvalue weighted by atomic mass is 16.3. The molecule has 0 fully saturated rings. The molecule has 0 saturated carbocycles. The van der Waals surface area contributed by atoms with Gasteiger partial charge in [-0.3, -0.25) is 4.57 Å². The van der Waals surface area contributed by atoms with Gasteiger partial charge >= 0.3 is 0 Å². The Balaban J connectivity index is 1.04. The van der Waals surface area contributed by atoms with E-state index >= 15 is 0 Å². The van der Waals surface area contributed by atoms with Gasteiger partial charge < -0.3 is 13.6 Å². The van der Waals surface area contributed by atoms with Crippen molar-refractivity contribution in [2.24, 2.45) is 0 Å². The van der Waals surface area contributed by atoms with Crippen molar-refractivity contribution in [3.63, 3.8) is 0 Å². The molecule has 0 N–H and O–H groups in total. The molecule has 0 aliphatic carbocycles. The van der Waals surface area contributed by atoms with Crippen LogP contribution >= 0.6 is 0 Å². The van der Waals surface area contributed by atoms with Crippen LogP contribution in [-0.4, -0.2) is 23.7 Å². The van der Waals surface area contributed by atoms with Gasteiger partial charge in [-0.05, 0) is 66.7 Å². The maximum absolute atomic E-state index is 10.3. The van der Waals surface area contributed by atoms with Gasteiger partial charge in [-0.15, -0.1) is 0 Å². The maximum atomic E-state index is 10.3. The summed E-state index contributed by atoms with van der Waals surface area (Å²) in [5.74, 6) is 0.447. The molecule has 13 rings (SSSR count). The first-order valence-electron chi connectivity index (χ1n) is 20.4. The van der Waals surface area contributed by atoms with Crippen LogP contribution in [-0.2, 0) is 0 Å². The molecule has 286 valence electrons. The predicted octanol–water partition coefficient (Wildman–Crippen LogP) is 13.1. The first-order chi connectivity index (χ1) is 30.7. The van der Waals surface area contributed by atoms with Crippen LogP contribution in [0.1, 0.15) is 11.4 Å². The molecule has 0 aliphatic rings. The van der Waals surface area contributed by atoms with E-state index in [1.54, 1.807) is 0 Å². The lowest BCUT2D eigenvalue weighted by molar-refractivity contribution is 0.673. The zero-order chi connectivity index (χ0) is 41.1. The summed E-state index contributed by atoms with van der Waals surface area (Å²) >= 11 is 0. The molecular weight excluding hydrogens is 763 g/mol. The molecule has 0 aliphatic heterocycles. The number of rotatable bonds is 4. The average molecular weight is 792 g/mol. The molecule has 5 aromatic heterocycles. The van der Waals surface area contributed by atoms with Gasteiger partial charge in [0.15, 0.2) is 17.2 Å². The summed E-state index contributed by atoms with van der Waals surface area (Å²) < 4.78 is 13.3. The van der Waals surface area contributed by atoms with Gasteiger partial charge in [0.25, 0.3) is 0 Å². The summed E-state index contributed by atoms with van der Waals surface area (Å²) in [5, 5.41) is 29.2. The topological polar surface area (TPSA) is 101 Å². The van der Waals surface area contributed by atoms with E-state index in [2.05, 4.69) is 149 Å². The largest absolute Gasteiger partial charge is 0.455 e. The van der Waals surface area contributed by atoms with E-state index in [1.165, 1.54) is 16.2 Å². The van der Waals surface area contributed by atoms with Crippen molar-refractivity contribution in [2.75, 3.05) is 0 Å². The van der Waals surface area contributed by atoms with Crippen LogP contribution in [0, 0.1) is 22.7 Å². The number of aromatic nitrogens is 5. The van der Waals surface area contributed by atoms with Gasteiger partial charge in [0, 0.05) is 54.6 Å². The minimum atomic E-state index is -0.0388. The highest BCUT2D eigenvalue weighted by Crippen LogP contribution is 2.44. The molecule has 8 heteroatoms. The Labute approximate surface area is 352 Å². The first-order valence-corrected chi connectivity index (χ1v) is 20.4. The lowest BCUT2D eigenvalue weighted by atomic mass is 10.1. The third kappa shape index (κ3) is 4.58. The van der Waals surface area contributed by atoms with Crippen LogP contribution < -0.4 is 0 Å². The quantitative estimate of drug-likeness (QED) is 0.177. The standard InChI is InChI=1S/C54H29N7O/c55-30-41-42(31-56)58-54(61-45-20-10-6-17-40(45)50-47(61)29-27-38-36-15-7-11-21-48(36)62-53(38)50)51(57-41)32-22-24-34(25-23-32)59-44-19-9-5-16-39(44)49-46(59)28-26-37-35-14-4-8-18-43(35)60(52(37)49)33-12-2-1-3-13-33/h1-29H. The van der Waals surface area contributed by atoms with Gasteiger partial charge in [-0.2, -0.15) is 10.5 Å². The van der Waals surface area contributed by atoms with Gasteiger partial charge in [-0.25, -0.2) is 9.97 Å². The Morgan fingerprint density at radius 2 is 0.952 bits per heavy atom. The minimum absolute atomic E-state index is 0.0315. The smallest absolute Gasteiger partial charge is 0.179 e. The van der Waals surface area contributed by atoms with Gasteiger partial charge in [-0.1, -0.05) is 109 Å². The van der Waals surface area contributed by atoms with Crippen molar-refractivity contribution in [2.45, 2.75) is 0 Å². The lowest BCUT2D eigenvalue weighted by Crippen LogP contribution is -2.07. The highest BCUT2D eigenvalue weighted by Gasteiger charge is 2.25. The maximum Gasteiger partial charge on any atom is 0.179 e. The van der Waals surface area contributed by atoms with Gasteiger partial charge in [0.1, 0.15) is 29.0 Å². The zero-order valence-corrected chi connectivity index (χ0v) is 32.8. The first kappa shape index (κ1) is 33.9. The summed E-state index contributed by atoms with van der Waals surface area (Å²) in [5.41, 5.74) is 11.0. The van der Waals surface area contributed by atoms with Crippen LogP contribution in [0.5, 0.6) is 0 Å². The molecule has 13 aromatic rings. The zero-order valence-electron chi connectivity index (χ0n) is 32.8. The van der Waals surface area contributed by atoms with Crippen molar-refractivity contribution in [3.8, 4) is 40.6 Å². The summed E-state index contributed by atoms with van der Waals surface area (Å²) in [6, 6.07) is 65.1. The molecule has 0 bridgehead atoms. The molecule has 0 amide bonds. The molecule has 0 radical (unpaired) electrons. The van der Waals surface area contributed by atoms with Crippen LogP contribution in [0.15, 0.2) is 180 Å². The number of fused-ring (bicyclic) bond motifs is 14. The number of nitriles is 2. The molecule has 0 saturated heterocycles. The van der Waals surface area contributed by atoms with Crippen molar-refractivity contribution < 1.29 is 4.42 Å². The SMILES string of the molecule is N#Cc1nc(-c2ccc(-n3c4ccccc4c4c3ccc3c5ccccc5n(-c5ccccc5)c34)cc2)c(-n2c3ccccc3c3c4oc5ccccc5c4ccc32)nc1C#N. The number of nitrogens with zero attached hydrogens (tertiary/aromatic N) is 7. The summed E-state index contributed by atoms with van der Waals surface area (Å²) in [4.78, 5) is 9.80. The van der Waals surface area contributed by atoms with Crippen molar-refractivity contribution in [1.29, 1.82) is 10.5 Å². The van der Waals surface area contributed by atoms with E-state index in [4.69, 9.17) is 14.4 Å². The molecule has 0 spiro atoms. The second-order valence-electron chi connectivity index (χ2n) is 15.5. The lowest BCUT2D eigenvalue weighted by Gasteiger charge is -2.14. The minimum Gasteiger partial charge on any atom is -0.455 e. The van der Waals surface area contributed by atoms with Crippen molar-refractivity contribution >= 4 is 87.4 Å². The van der Waals surface area contributed by atoms with Gasteiger partial charge in [0.2, 0.25) is 0 Å². The second-order valence-corrected chi connectivity index (χ2v) is 15.5. The summed E-state index contributed by atoms with van der Waals surface area (Å²) in [7, 11) is 0. The Bertz CT molecular complexity index is 4120. The van der Waals surface area contributed by atoms with E-state index in [0.29, 0.717) is 11.5 Å². The number of para-hydroxylation sites is 5. The second kappa shape index (κ2) is 12.8. The summed E-state index contributed by atoms with van der Waals surface area (Å²) in [6.07, 6.45) is 0. The number of hydrogen-bond donors (Lipinski definition) is 0. The molecule has 8 aromatic carbocycles. The third-order valence-corrected chi connectivity index (χ3v) is 12.4. The fourth-order valence-corrected chi connectivity index (χ4v) is 9.80. The molecule has 0 unspecified atom stereocenters. The Morgan fingerprint density at radius 3 is 1.68 bits per heavy atom. The third-order valence-electron chi connectivity index (χ3n) is 12.4. The van der Waals surface area contributed by atoms with Crippen molar-refractivity contribution in [3.05, 3.63) is 187 Å². The fraction of sp³-hybridized carbons (Fsp3) is 0. The number of hydrogen-bond acceptors (Lipinski definition) is 5. The molecule has 5 heterocycles. The number of benzene rings is 8. The Kier molecular flexibility index (Phi) is 6.98. The van der Waals surface area contributed by atoms with Crippen LogP contribution in [0.2, 0.25) is 0 Å². The van der Waals surface area contributed by atoms with Crippen molar-refractivity contribution in [1.82, 2.24) is 23.7 Å². The van der Waals surface area contributed by atoms with E-state index in [0.717, 1.165) is 88.1 Å². The molecule has 8 nitrogen and oxygen atoms in total. The Hall–Kier alpha value is -8.98. The van der Waals surface area contributed by atoms with Gasteiger partial charge in [0.05, 0.1) is 38.5 Å². The monoisotopic (exact) mass is 791 g/mol. The number of furan rings is 1. The van der Waals surface area contributed by atoms with Crippen LogP contribution in [0.4, 0.5) is 0 Å². The molecular formula is C54H29N7O. The Morgan fingerprint density at radius 1 is 0.403 bits per heavy atom. The van der Waals surface area contributed by atoms with E-state index < -0.39 is 0 Å². The molecule has 0 atom stereocenters.